The van der Waals surface area contributed by atoms with E-state index in [1.54, 1.807) is 11.4 Å². The topological polar surface area (TPSA) is 63.1 Å². The van der Waals surface area contributed by atoms with Gasteiger partial charge in [0.2, 0.25) is 0 Å². The van der Waals surface area contributed by atoms with Crippen molar-refractivity contribution in [3.05, 3.63) is 52.6 Å². The molecule has 0 radical (unpaired) electrons. The number of nitrogens with one attached hydrogen (secondary N) is 1. The predicted molar refractivity (Wildman–Crippen MR) is 76.0 cm³/mol. The molecule has 3 rings (SSSR count). The van der Waals surface area contributed by atoms with Gasteiger partial charge in [-0.05, 0) is 25.8 Å². The quantitative estimate of drug-likeness (QED) is 0.738. The number of H-pyrrole nitrogens is 1. The maximum Gasteiger partial charge on any atom is 0.251 e. The predicted octanol–water partition coefficient (Wildman–Crippen LogP) is 2.27. The molecule has 0 spiro atoms. The summed E-state index contributed by atoms with van der Waals surface area (Å²) in [5, 5.41) is 3.13. The van der Waals surface area contributed by atoms with Crippen molar-refractivity contribution in [2.75, 3.05) is 0 Å². The maximum absolute atomic E-state index is 11.0. The molecule has 0 atom stereocenters. The third kappa shape index (κ3) is 2.22. The molecule has 20 heavy (non-hydrogen) atoms. The first-order valence-corrected chi connectivity index (χ1v) is 6.62. The number of imidazole rings is 1. The molecule has 0 saturated carbocycles. The van der Waals surface area contributed by atoms with Crippen LogP contribution >= 0.6 is 0 Å². The van der Waals surface area contributed by atoms with E-state index in [-0.39, 0.29) is 0 Å². The Bertz CT molecular complexity index is 769. The average molecular weight is 268 g/mol. The van der Waals surface area contributed by atoms with E-state index in [4.69, 9.17) is 0 Å². The largest absolute Gasteiger partial charge is 0.296 e. The number of benzene rings is 1. The number of rotatable bonds is 4. The molecule has 0 saturated heterocycles. The van der Waals surface area contributed by atoms with E-state index in [9.17, 15) is 4.79 Å². The normalized spacial score (nSPS) is 11.1. The molecule has 5 nitrogen and oxygen atoms in total. The molecule has 3 aromatic rings. The Hall–Kier alpha value is -2.43. The molecule has 102 valence electrons. The molecule has 0 aliphatic heterocycles. The van der Waals surface area contributed by atoms with Crippen LogP contribution in [0.1, 0.15) is 33.1 Å². The Labute approximate surface area is 116 Å². The van der Waals surface area contributed by atoms with Gasteiger partial charge in [-0.1, -0.05) is 29.8 Å². The summed E-state index contributed by atoms with van der Waals surface area (Å²) in [5.41, 5.74) is 3.78. The summed E-state index contributed by atoms with van der Waals surface area (Å²) in [6, 6.07) is 8.44. The van der Waals surface area contributed by atoms with Crippen LogP contribution in [-0.4, -0.2) is 25.9 Å². The van der Waals surface area contributed by atoms with Crippen LogP contribution < -0.4 is 0 Å². The van der Waals surface area contributed by atoms with Crippen LogP contribution in [0, 0.1) is 13.8 Å². The third-order valence-electron chi connectivity index (χ3n) is 3.40. The van der Waals surface area contributed by atoms with Crippen molar-refractivity contribution in [1.82, 2.24) is 19.6 Å². The van der Waals surface area contributed by atoms with Crippen LogP contribution in [0.15, 0.2) is 24.3 Å². The number of aryl methyl sites for hydroxylation is 4. The van der Waals surface area contributed by atoms with Crippen LogP contribution in [-0.2, 0) is 12.8 Å². The van der Waals surface area contributed by atoms with Crippen LogP contribution in [0.2, 0.25) is 0 Å². The summed E-state index contributed by atoms with van der Waals surface area (Å²) in [5.74, 6) is 1.40. The summed E-state index contributed by atoms with van der Waals surface area (Å²) < 4.78 is 1.65. The second kappa shape index (κ2) is 4.92. The number of aldehydes is 1. The lowest BCUT2D eigenvalue weighted by molar-refractivity contribution is 0.111. The Morgan fingerprint density at radius 3 is 2.85 bits per heavy atom. The molecular formula is C15H16N4O. The molecule has 0 unspecified atom stereocenters. The highest BCUT2D eigenvalue weighted by atomic mass is 16.1. The number of nitrogens with zero attached hydrogens (tertiary/aromatic N) is 3. The molecule has 0 bridgehead atoms. The number of carbonyl (C=O) groups excluding carboxylic acids is 1. The van der Waals surface area contributed by atoms with E-state index < -0.39 is 0 Å². The Morgan fingerprint density at radius 2 is 2.10 bits per heavy atom. The van der Waals surface area contributed by atoms with E-state index >= 15 is 0 Å². The van der Waals surface area contributed by atoms with Crippen LogP contribution in [0.4, 0.5) is 0 Å². The minimum Gasteiger partial charge on any atom is -0.296 e. The number of aromatic amines is 1. The van der Waals surface area contributed by atoms with Crippen molar-refractivity contribution >= 4 is 12.1 Å². The summed E-state index contributed by atoms with van der Waals surface area (Å²) in [7, 11) is 0. The van der Waals surface area contributed by atoms with Crippen molar-refractivity contribution in [3.8, 4) is 0 Å². The van der Waals surface area contributed by atoms with E-state index in [1.807, 2.05) is 0 Å². The molecule has 0 fully saturated rings. The molecule has 2 aromatic heterocycles. The molecular weight excluding hydrogens is 252 g/mol. The van der Waals surface area contributed by atoms with Gasteiger partial charge in [0.05, 0.1) is 5.69 Å². The second-order valence-electron chi connectivity index (χ2n) is 5.00. The van der Waals surface area contributed by atoms with Crippen LogP contribution in [0.25, 0.3) is 5.78 Å². The number of hydrogen-bond acceptors (Lipinski definition) is 3. The summed E-state index contributed by atoms with van der Waals surface area (Å²) in [4.78, 5) is 19.7. The zero-order valence-electron chi connectivity index (χ0n) is 11.6. The van der Waals surface area contributed by atoms with Crippen molar-refractivity contribution < 1.29 is 4.79 Å². The summed E-state index contributed by atoms with van der Waals surface area (Å²) in [6.07, 6.45) is 2.51. The Morgan fingerprint density at radius 1 is 1.25 bits per heavy atom. The highest BCUT2D eigenvalue weighted by molar-refractivity contribution is 5.75. The van der Waals surface area contributed by atoms with Crippen LogP contribution in [0.3, 0.4) is 0 Å². The van der Waals surface area contributed by atoms with Crippen molar-refractivity contribution in [3.63, 3.8) is 0 Å². The minimum absolute atomic E-state index is 0.536. The van der Waals surface area contributed by atoms with Gasteiger partial charge in [0.15, 0.2) is 6.29 Å². The van der Waals surface area contributed by atoms with Gasteiger partial charge < -0.3 is 0 Å². The average Bonchev–Trinajstić information content (AvgIpc) is 2.92. The van der Waals surface area contributed by atoms with Crippen LogP contribution in [0.5, 0.6) is 0 Å². The zero-order valence-corrected chi connectivity index (χ0v) is 11.6. The molecule has 0 aliphatic rings. The fraction of sp³-hybridized carbons (Fsp3) is 0.267. The van der Waals surface area contributed by atoms with Gasteiger partial charge in [-0.15, -0.1) is 0 Å². The fourth-order valence-electron chi connectivity index (χ4n) is 2.37. The molecule has 1 aromatic carbocycles. The standard InChI is InChI=1S/C15H16N4O/c1-10-4-3-5-12(8-10)6-7-14-17-15-16-11(2)13(9-20)19(15)18-14/h3-5,8-9H,6-7H2,1-2H3,(H,16,17,18). The number of hydrogen-bond donors (Lipinski definition) is 1. The summed E-state index contributed by atoms with van der Waals surface area (Å²) >= 11 is 0. The molecule has 1 N–H and O–H groups in total. The number of carbonyl (C=O) groups is 1. The maximum atomic E-state index is 11.0. The lowest BCUT2D eigenvalue weighted by Crippen LogP contribution is -1.97. The minimum atomic E-state index is 0.536. The fourth-order valence-corrected chi connectivity index (χ4v) is 2.37. The van der Waals surface area contributed by atoms with Gasteiger partial charge in [-0.2, -0.15) is 4.98 Å². The summed E-state index contributed by atoms with van der Waals surface area (Å²) in [6.45, 7) is 3.89. The first-order valence-electron chi connectivity index (χ1n) is 6.62. The van der Waals surface area contributed by atoms with Gasteiger partial charge in [0.25, 0.3) is 5.78 Å². The van der Waals surface area contributed by atoms with E-state index in [0.29, 0.717) is 17.2 Å². The van der Waals surface area contributed by atoms with Gasteiger partial charge in [0, 0.05) is 6.42 Å². The highest BCUT2D eigenvalue weighted by Crippen LogP contribution is 2.11. The van der Waals surface area contributed by atoms with Crippen molar-refractivity contribution in [1.29, 1.82) is 0 Å². The lowest BCUT2D eigenvalue weighted by atomic mass is 10.1. The first kappa shape index (κ1) is 12.6. The van der Waals surface area contributed by atoms with Gasteiger partial charge in [0.1, 0.15) is 11.5 Å². The van der Waals surface area contributed by atoms with Crippen molar-refractivity contribution in [2.24, 2.45) is 0 Å². The molecule has 0 aliphatic carbocycles. The van der Waals surface area contributed by atoms with Crippen molar-refractivity contribution in [2.45, 2.75) is 26.7 Å². The SMILES string of the molecule is Cc1cccc(CCc2nc3nc(C)c(C=O)n3[nH]2)c1. The first-order chi connectivity index (χ1) is 9.67. The lowest BCUT2D eigenvalue weighted by Gasteiger charge is -2.00. The van der Waals surface area contributed by atoms with E-state index in [2.05, 4.69) is 46.3 Å². The zero-order chi connectivity index (χ0) is 14.1. The van der Waals surface area contributed by atoms with E-state index in [0.717, 1.165) is 25.0 Å². The van der Waals surface area contributed by atoms with Gasteiger partial charge in [-0.25, -0.2) is 9.50 Å². The Balaban J connectivity index is 1.81. The van der Waals surface area contributed by atoms with Gasteiger partial charge >= 0.3 is 0 Å². The third-order valence-corrected chi connectivity index (χ3v) is 3.40. The molecule has 5 heteroatoms. The van der Waals surface area contributed by atoms with Gasteiger partial charge in [-0.3, -0.25) is 9.89 Å². The highest BCUT2D eigenvalue weighted by Gasteiger charge is 2.12. The molecule has 0 amide bonds. The second-order valence-corrected chi connectivity index (χ2v) is 5.00. The van der Waals surface area contributed by atoms with E-state index in [1.165, 1.54) is 11.1 Å². The monoisotopic (exact) mass is 268 g/mol. The number of fused-ring (bicyclic) bond motifs is 1. The number of aromatic nitrogens is 4. The molecule has 2 heterocycles. The Kier molecular flexibility index (Phi) is 3.10. The smallest absolute Gasteiger partial charge is 0.251 e.